The molecule has 3 rings (SSSR count). The Morgan fingerprint density at radius 3 is 2.95 bits per heavy atom. The normalized spacial score (nSPS) is 10.9. The van der Waals surface area contributed by atoms with Gasteiger partial charge in [-0.05, 0) is 11.6 Å². The van der Waals surface area contributed by atoms with E-state index in [-0.39, 0.29) is 0 Å². The summed E-state index contributed by atoms with van der Waals surface area (Å²) in [6, 6.07) is 7.81. The van der Waals surface area contributed by atoms with Crippen LogP contribution in [0.2, 0.25) is 5.02 Å². The highest BCUT2D eigenvalue weighted by molar-refractivity contribution is 7.98. The molecular weight excluding hydrogens is 294 g/mol. The minimum atomic E-state index is 0.573. The fraction of sp³-hybridized carbons (Fsp3) is 0.154. The number of halogens is 1. The summed E-state index contributed by atoms with van der Waals surface area (Å²) in [4.78, 5) is 8.78. The summed E-state index contributed by atoms with van der Waals surface area (Å²) in [7, 11) is 1.79. The molecule has 0 saturated heterocycles. The zero-order valence-electron chi connectivity index (χ0n) is 10.7. The summed E-state index contributed by atoms with van der Waals surface area (Å²) < 4.78 is 0. The maximum absolute atomic E-state index is 6.17. The van der Waals surface area contributed by atoms with Gasteiger partial charge in [0.15, 0.2) is 5.65 Å². The molecule has 5 nitrogen and oxygen atoms in total. The van der Waals surface area contributed by atoms with Gasteiger partial charge in [0, 0.05) is 17.8 Å². The predicted octanol–water partition coefficient (Wildman–Crippen LogP) is 3.34. The van der Waals surface area contributed by atoms with Crippen molar-refractivity contribution in [1.29, 1.82) is 0 Å². The summed E-state index contributed by atoms with van der Waals surface area (Å²) in [5, 5.41) is 12.4. The van der Waals surface area contributed by atoms with E-state index in [1.807, 2.05) is 24.3 Å². The van der Waals surface area contributed by atoms with E-state index in [2.05, 4.69) is 25.5 Å². The first-order chi connectivity index (χ1) is 9.78. The molecule has 0 spiro atoms. The van der Waals surface area contributed by atoms with Gasteiger partial charge in [0.1, 0.15) is 5.03 Å². The van der Waals surface area contributed by atoms with E-state index in [1.54, 1.807) is 25.0 Å². The number of aromatic amines is 1. The van der Waals surface area contributed by atoms with Gasteiger partial charge in [-0.15, -0.1) is 11.8 Å². The molecule has 2 heterocycles. The molecule has 0 amide bonds. The van der Waals surface area contributed by atoms with Crippen LogP contribution in [0.25, 0.3) is 11.0 Å². The highest BCUT2D eigenvalue weighted by Crippen LogP contribution is 2.30. The van der Waals surface area contributed by atoms with Crippen LogP contribution < -0.4 is 5.32 Å². The Morgan fingerprint density at radius 2 is 2.15 bits per heavy atom. The molecule has 0 bridgehead atoms. The Bertz CT molecular complexity index is 742. The van der Waals surface area contributed by atoms with Gasteiger partial charge in [-0.1, -0.05) is 29.8 Å². The molecular formula is C13H12ClN5S. The SMILES string of the molecule is CNc1nc(SCc2ccccc2Cl)c2cn[nH]c2n1. The standard InChI is InChI=1S/C13H12ClN5S/c1-15-13-17-11-9(6-16-19-11)12(18-13)20-7-8-4-2-3-5-10(8)14/h2-6H,7H2,1H3,(H2,15,16,17,18,19). The van der Waals surface area contributed by atoms with Crippen molar-refractivity contribution >= 4 is 40.3 Å². The van der Waals surface area contributed by atoms with Crippen molar-refractivity contribution in [2.45, 2.75) is 10.8 Å². The third-order valence-electron chi connectivity index (χ3n) is 2.82. The summed E-state index contributed by atoms with van der Waals surface area (Å²) >= 11 is 7.78. The third kappa shape index (κ3) is 2.57. The van der Waals surface area contributed by atoms with Crippen LogP contribution in [0.1, 0.15) is 5.56 Å². The average Bonchev–Trinajstić information content (AvgIpc) is 2.94. The van der Waals surface area contributed by atoms with Gasteiger partial charge in [0.05, 0.1) is 11.6 Å². The number of aromatic nitrogens is 4. The number of hydrogen-bond acceptors (Lipinski definition) is 5. The summed E-state index contributed by atoms with van der Waals surface area (Å²) in [5.74, 6) is 1.32. The number of hydrogen-bond donors (Lipinski definition) is 2. The van der Waals surface area contributed by atoms with Gasteiger partial charge in [-0.25, -0.2) is 4.98 Å². The number of rotatable bonds is 4. The number of fused-ring (bicyclic) bond motifs is 1. The average molecular weight is 306 g/mol. The van der Waals surface area contributed by atoms with Crippen LogP contribution in [0.3, 0.4) is 0 Å². The van der Waals surface area contributed by atoms with E-state index in [9.17, 15) is 0 Å². The van der Waals surface area contributed by atoms with Gasteiger partial charge in [-0.2, -0.15) is 10.1 Å². The van der Waals surface area contributed by atoms with Gasteiger partial charge < -0.3 is 5.32 Å². The van der Waals surface area contributed by atoms with E-state index in [1.165, 1.54) is 0 Å². The Balaban J connectivity index is 1.90. The molecule has 0 saturated carbocycles. The van der Waals surface area contributed by atoms with E-state index in [4.69, 9.17) is 11.6 Å². The lowest BCUT2D eigenvalue weighted by Crippen LogP contribution is -1.98. The summed E-state index contributed by atoms with van der Waals surface area (Å²) in [6.07, 6.45) is 1.74. The number of thioether (sulfide) groups is 1. The van der Waals surface area contributed by atoms with E-state index in [0.717, 1.165) is 32.4 Å². The predicted molar refractivity (Wildman–Crippen MR) is 82.2 cm³/mol. The molecule has 2 N–H and O–H groups in total. The second-order valence-corrected chi connectivity index (χ2v) is 5.49. The lowest BCUT2D eigenvalue weighted by molar-refractivity contribution is 1.06. The molecule has 102 valence electrons. The Hall–Kier alpha value is -1.79. The highest BCUT2D eigenvalue weighted by atomic mass is 35.5. The van der Waals surface area contributed by atoms with Crippen molar-refractivity contribution in [3.05, 3.63) is 41.0 Å². The van der Waals surface area contributed by atoms with Crippen molar-refractivity contribution < 1.29 is 0 Å². The molecule has 3 aromatic rings. The van der Waals surface area contributed by atoms with E-state index >= 15 is 0 Å². The number of anilines is 1. The van der Waals surface area contributed by atoms with Crippen molar-refractivity contribution in [2.24, 2.45) is 0 Å². The zero-order valence-corrected chi connectivity index (χ0v) is 12.3. The van der Waals surface area contributed by atoms with Crippen molar-refractivity contribution in [3.63, 3.8) is 0 Å². The van der Waals surface area contributed by atoms with Crippen molar-refractivity contribution in [3.8, 4) is 0 Å². The first kappa shape index (κ1) is 13.2. The summed E-state index contributed by atoms with van der Waals surface area (Å²) in [5.41, 5.74) is 1.81. The second-order valence-electron chi connectivity index (χ2n) is 4.11. The number of H-pyrrole nitrogens is 1. The maximum atomic E-state index is 6.17. The van der Waals surface area contributed by atoms with Crippen LogP contribution >= 0.6 is 23.4 Å². The van der Waals surface area contributed by atoms with Crippen LogP contribution in [-0.4, -0.2) is 27.2 Å². The Morgan fingerprint density at radius 1 is 1.30 bits per heavy atom. The van der Waals surface area contributed by atoms with Crippen LogP contribution in [0.5, 0.6) is 0 Å². The van der Waals surface area contributed by atoms with Gasteiger partial charge in [0.25, 0.3) is 0 Å². The molecule has 0 aliphatic rings. The third-order valence-corrected chi connectivity index (χ3v) is 4.23. The number of nitrogens with one attached hydrogen (secondary N) is 2. The molecule has 20 heavy (non-hydrogen) atoms. The minimum absolute atomic E-state index is 0.573. The number of benzene rings is 1. The Labute approximate surface area is 125 Å². The topological polar surface area (TPSA) is 66.5 Å². The zero-order chi connectivity index (χ0) is 13.9. The lowest BCUT2D eigenvalue weighted by Gasteiger charge is -2.06. The minimum Gasteiger partial charge on any atom is -0.357 e. The van der Waals surface area contributed by atoms with Gasteiger partial charge in [-0.3, -0.25) is 5.10 Å². The molecule has 7 heteroatoms. The number of nitrogens with zero attached hydrogens (tertiary/aromatic N) is 3. The quantitative estimate of drug-likeness (QED) is 0.571. The van der Waals surface area contributed by atoms with Crippen LogP contribution in [0.15, 0.2) is 35.5 Å². The maximum Gasteiger partial charge on any atom is 0.225 e. The summed E-state index contributed by atoms with van der Waals surface area (Å²) in [6.45, 7) is 0. The molecule has 0 fully saturated rings. The first-order valence-corrected chi connectivity index (χ1v) is 7.39. The molecule has 1 aromatic carbocycles. The van der Waals surface area contributed by atoms with Crippen LogP contribution in [0.4, 0.5) is 5.95 Å². The first-order valence-electron chi connectivity index (χ1n) is 6.03. The van der Waals surface area contributed by atoms with Crippen LogP contribution in [-0.2, 0) is 5.75 Å². The molecule has 2 aromatic heterocycles. The van der Waals surface area contributed by atoms with E-state index < -0.39 is 0 Å². The fourth-order valence-corrected chi connectivity index (χ4v) is 3.07. The molecule has 0 unspecified atom stereocenters. The van der Waals surface area contributed by atoms with Crippen molar-refractivity contribution in [1.82, 2.24) is 20.2 Å². The van der Waals surface area contributed by atoms with E-state index in [0.29, 0.717) is 5.95 Å². The van der Waals surface area contributed by atoms with Crippen LogP contribution in [0, 0.1) is 0 Å². The smallest absolute Gasteiger partial charge is 0.225 e. The molecule has 0 atom stereocenters. The Kier molecular flexibility index (Phi) is 3.75. The van der Waals surface area contributed by atoms with Gasteiger partial charge in [0.2, 0.25) is 5.95 Å². The van der Waals surface area contributed by atoms with Gasteiger partial charge >= 0.3 is 0 Å². The lowest BCUT2D eigenvalue weighted by atomic mass is 10.2. The molecule has 0 aliphatic heterocycles. The highest BCUT2D eigenvalue weighted by Gasteiger charge is 2.10. The molecule has 0 aliphatic carbocycles. The fourth-order valence-electron chi connectivity index (χ4n) is 1.79. The largest absolute Gasteiger partial charge is 0.357 e. The van der Waals surface area contributed by atoms with Crippen molar-refractivity contribution in [2.75, 3.05) is 12.4 Å². The molecule has 0 radical (unpaired) electrons. The monoisotopic (exact) mass is 305 g/mol. The second kappa shape index (κ2) is 5.68.